The minimum absolute atomic E-state index is 0.00572. The zero-order valence-electron chi connectivity index (χ0n) is 10.8. The summed E-state index contributed by atoms with van der Waals surface area (Å²) < 4.78 is 17.2. The van der Waals surface area contributed by atoms with Crippen LogP contribution in [0.2, 0.25) is 0 Å². The van der Waals surface area contributed by atoms with Crippen molar-refractivity contribution in [1.82, 2.24) is 10.2 Å². The van der Waals surface area contributed by atoms with E-state index in [0.717, 1.165) is 23.1 Å². The highest BCUT2D eigenvalue weighted by Gasteiger charge is 2.29. The van der Waals surface area contributed by atoms with Gasteiger partial charge in [0.2, 0.25) is 5.89 Å². The predicted molar refractivity (Wildman–Crippen MR) is 73.4 cm³/mol. The van der Waals surface area contributed by atoms with E-state index in [0.29, 0.717) is 17.7 Å². The SMILES string of the molecule is c1ccc2c(c1)OCC(CSc1nnc(C3CC3)o1)O2. The van der Waals surface area contributed by atoms with Gasteiger partial charge in [0.05, 0.1) is 0 Å². The van der Waals surface area contributed by atoms with E-state index in [-0.39, 0.29) is 6.10 Å². The second-order valence-corrected chi connectivity index (χ2v) is 5.96. The van der Waals surface area contributed by atoms with Crippen LogP contribution in [0.3, 0.4) is 0 Å². The number of thioether (sulfide) groups is 1. The van der Waals surface area contributed by atoms with Gasteiger partial charge in [0.1, 0.15) is 12.7 Å². The second-order valence-electron chi connectivity index (χ2n) is 4.99. The minimum atomic E-state index is 0.00572. The Hall–Kier alpha value is -1.69. The summed E-state index contributed by atoms with van der Waals surface area (Å²) in [5.41, 5.74) is 0. The molecule has 1 aromatic carbocycles. The number of hydrogen-bond donors (Lipinski definition) is 0. The van der Waals surface area contributed by atoms with E-state index in [1.54, 1.807) is 0 Å². The molecule has 2 aliphatic rings. The zero-order valence-corrected chi connectivity index (χ0v) is 11.6. The highest BCUT2D eigenvalue weighted by Crippen LogP contribution is 2.40. The third kappa shape index (κ3) is 2.47. The van der Waals surface area contributed by atoms with Crippen molar-refractivity contribution < 1.29 is 13.9 Å². The maximum atomic E-state index is 5.88. The fourth-order valence-electron chi connectivity index (χ4n) is 2.08. The van der Waals surface area contributed by atoms with Crippen LogP contribution in [-0.2, 0) is 0 Å². The average Bonchev–Trinajstić information content (AvgIpc) is 3.24. The van der Waals surface area contributed by atoms with Crippen LogP contribution in [0.5, 0.6) is 11.5 Å². The van der Waals surface area contributed by atoms with Crippen molar-refractivity contribution in [3.63, 3.8) is 0 Å². The molecule has 1 unspecified atom stereocenters. The first-order chi connectivity index (χ1) is 9.88. The first-order valence-electron chi connectivity index (χ1n) is 6.73. The summed E-state index contributed by atoms with van der Waals surface area (Å²) in [6, 6.07) is 7.72. The van der Waals surface area contributed by atoms with Crippen molar-refractivity contribution in [3.8, 4) is 11.5 Å². The summed E-state index contributed by atoms with van der Waals surface area (Å²) in [4.78, 5) is 0. The molecule has 0 spiro atoms. The van der Waals surface area contributed by atoms with Crippen LogP contribution in [0.15, 0.2) is 33.9 Å². The number of benzene rings is 1. The third-order valence-electron chi connectivity index (χ3n) is 3.31. The monoisotopic (exact) mass is 290 g/mol. The van der Waals surface area contributed by atoms with Crippen LogP contribution in [-0.4, -0.2) is 28.7 Å². The summed E-state index contributed by atoms with van der Waals surface area (Å²) in [6.45, 7) is 0.549. The molecule has 0 saturated heterocycles. The maximum Gasteiger partial charge on any atom is 0.276 e. The Bertz CT molecular complexity index is 612. The fourth-order valence-corrected chi connectivity index (χ4v) is 2.82. The lowest BCUT2D eigenvalue weighted by atomic mass is 10.3. The number of fused-ring (bicyclic) bond motifs is 1. The van der Waals surface area contributed by atoms with E-state index < -0.39 is 0 Å². The van der Waals surface area contributed by atoms with Gasteiger partial charge >= 0.3 is 0 Å². The quantitative estimate of drug-likeness (QED) is 0.807. The summed E-state index contributed by atoms with van der Waals surface area (Å²) in [7, 11) is 0. The molecule has 0 N–H and O–H groups in total. The molecule has 0 radical (unpaired) electrons. The van der Waals surface area contributed by atoms with E-state index in [9.17, 15) is 0 Å². The predicted octanol–water partition coefficient (Wildman–Crippen LogP) is 2.88. The van der Waals surface area contributed by atoms with Crippen molar-refractivity contribution in [2.45, 2.75) is 30.1 Å². The molecule has 0 bridgehead atoms. The van der Waals surface area contributed by atoms with Gasteiger partial charge in [-0.15, -0.1) is 10.2 Å². The Morgan fingerprint density at radius 1 is 1.15 bits per heavy atom. The van der Waals surface area contributed by atoms with E-state index in [1.165, 1.54) is 24.6 Å². The van der Waals surface area contributed by atoms with E-state index in [1.807, 2.05) is 24.3 Å². The Morgan fingerprint density at radius 2 is 2.00 bits per heavy atom. The normalized spacial score (nSPS) is 20.9. The molecule has 5 nitrogen and oxygen atoms in total. The highest BCUT2D eigenvalue weighted by atomic mass is 32.2. The highest BCUT2D eigenvalue weighted by molar-refractivity contribution is 7.99. The van der Waals surface area contributed by atoms with Gasteiger partial charge in [-0.05, 0) is 25.0 Å². The van der Waals surface area contributed by atoms with E-state index in [2.05, 4.69) is 10.2 Å². The van der Waals surface area contributed by atoms with Crippen LogP contribution < -0.4 is 9.47 Å². The molecular formula is C14H14N2O3S. The standard InChI is InChI=1S/C14H14N2O3S/c1-2-4-12-11(3-1)17-7-10(18-12)8-20-14-16-15-13(19-14)9-5-6-9/h1-4,9-10H,5-8H2. The number of hydrogen-bond acceptors (Lipinski definition) is 6. The molecule has 1 aliphatic heterocycles. The zero-order chi connectivity index (χ0) is 13.4. The minimum Gasteiger partial charge on any atom is -0.486 e. The van der Waals surface area contributed by atoms with Crippen LogP contribution in [0, 0.1) is 0 Å². The van der Waals surface area contributed by atoms with E-state index in [4.69, 9.17) is 13.9 Å². The topological polar surface area (TPSA) is 57.4 Å². The lowest BCUT2D eigenvalue weighted by Crippen LogP contribution is -2.31. The van der Waals surface area contributed by atoms with Gasteiger partial charge in [-0.25, -0.2) is 0 Å². The Labute approximate surface area is 120 Å². The van der Waals surface area contributed by atoms with Crippen LogP contribution in [0.25, 0.3) is 0 Å². The number of nitrogens with zero attached hydrogens (tertiary/aromatic N) is 2. The molecule has 1 aromatic heterocycles. The smallest absolute Gasteiger partial charge is 0.276 e. The molecule has 1 atom stereocenters. The summed E-state index contributed by atoms with van der Waals surface area (Å²) in [5.74, 6) is 3.62. The van der Waals surface area contributed by atoms with Crippen molar-refractivity contribution in [2.24, 2.45) is 0 Å². The molecule has 104 valence electrons. The molecule has 20 heavy (non-hydrogen) atoms. The van der Waals surface area contributed by atoms with Gasteiger partial charge in [-0.1, -0.05) is 23.9 Å². The molecule has 6 heteroatoms. The molecule has 0 amide bonds. The summed E-state index contributed by atoms with van der Waals surface area (Å²) >= 11 is 1.52. The Kier molecular flexibility index (Phi) is 3.03. The molecule has 1 saturated carbocycles. The van der Waals surface area contributed by atoms with Crippen LogP contribution in [0.1, 0.15) is 24.7 Å². The number of para-hydroxylation sites is 2. The molecule has 2 heterocycles. The van der Waals surface area contributed by atoms with Gasteiger partial charge in [0.25, 0.3) is 5.22 Å². The van der Waals surface area contributed by atoms with Crippen LogP contribution in [0.4, 0.5) is 0 Å². The van der Waals surface area contributed by atoms with Gasteiger partial charge in [-0.2, -0.15) is 0 Å². The van der Waals surface area contributed by atoms with Crippen molar-refractivity contribution in [3.05, 3.63) is 30.2 Å². The van der Waals surface area contributed by atoms with Crippen molar-refractivity contribution >= 4 is 11.8 Å². The summed E-state index contributed by atoms with van der Waals surface area (Å²) in [6.07, 6.45) is 2.34. The van der Waals surface area contributed by atoms with E-state index >= 15 is 0 Å². The Balaban J connectivity index is 1.35. The number of aromatic nitrogens is 2. The largest absolute Gasteiger partial charge is 0.486 e. The summed E-state index contributed by atoms with van der Waals surface area (Å²) in [5, 5.41) is 8.74. The molecule has 1 fully saturated rings. The number of ether oxygens (including phenoxy) is 2. The molecule has 2 aromatic rings. The lowest BCUT2D eigenvalue weighted by molar-refractivity contribution is 0.107. The van der Waals surface area contributed by atoms with Gasteiger partial charge in [-0.3, -0.25) is 0 Å². The van der Waals surface area contributed by atoms with Crippen molar-refractivity contribution in [2.75, 3.05) is 12.4 Å². The first kappa shape index (κ1) is 12.1. The van der Waals surface area contributed by atoms with Crippen molar-refractivity contribution in [1.29, 1.82) is 0 Å². The lowest BCUT2D eigenvalue weighted by Gasteiger charge is -2.25. The maximum absolute atomic E-state index is 5.88. The number of rotatable bonds is 4. The average molecular weight is 290 g/mol. The Morgan fingerprint density at radius 3 is 2.85 bits per heavy atom. The fraction of sp³-hybridized carbons (Fsp3) is 0.429. The molecule has 4 rings (SSSR count). The van der Waals surface area contributed by atoms with Gasteiger partial charge in [0.15, 0.2) is 11.5 Å². The third-order valence-corrected chi connectivity index (χ3v) is 4.26. The van der Waals surface area contributed by atoms with Gasteiger partial charge in [0, 0.05) is 11.7 Å². The van der Waals surface area contributed by atoms with Gasteiger partial charge < -0.3 is 13.9 Å². The molecular weight excluding hydrogens is 276 g/mol. The first-order valence-corrected chi connectivity index (χ1v) is 7.72. The van der Waals surface area contributed by atoms with Crippen LogP contribution >= 0.6 is 11.8 Å². The molecule has 1 aliphatic carbocycles. The second kappa shape index (κ2) is 5.01.